The molecule has 0 spiro atoms. The molecular weight excluding hydrogens is 588 g/mol. The van der Waals surface area contributed by atoms with Gasteiger partial charge in [-0.15, -0.1) is 0 Å². The summed E-state index contributed by atoms with van der Waals surface area (Å²) in [4.78, 5) is 12.8. The number of hydrogen-bond donors (Lipinski definition) is 1. The first-order valence-electron chi connectivity index (χ1n) is 21.0. The van der Waals surface area contributed by atoms with Crippen LogP contribution < -0.4 is 0 Å². The van der Waals surface area contributed by atoms with Crippen molar-refractivity contribution in [1.82, 2.24) is 0 Å². The first kappa shape index (κ1) is 39.4. The van der Waals surface area contributed by atoms with Crippen LogP contribution in [-0.2, 0) is 9.53 Å². The van der Waals surface area contributed by atoms with Crippen molar-refractivity contribution in [2.45, 2.75) is 195 Å². The van der Waals surface area contributed by atoms with Crippen LogP contribution in [0.3, 0.4) is 0 Å². The molecule has 0 heterocycles. The maximum Gasteiger partial charge on any atom is 0.306 e. The number of carbonyl (C=O) groups is 1. The van der Waals surface area contributed by atoms with Crippen molar-refractivity contribution in [3.8, 4) is 0 Å². The fourth-order valence-corrected chi connectivity index (χ4v) is 11.1. The molecule has 4 aliphatic rings. The fourth-order valence-electron chi connectivity index (χ4n) is 11.1. The molecular formula is C45H76O3. The number of carbonyl (C=O) groups excluding carboxylic acids is 1. The third-order valence-corrected chi connectivity index (χ3v) is 14.0. The lowest BCUT2D eigenvalue weighted by molar-refractivity contribution is -0.151. The van der Waals surface area contributed by atoms with Gasteiger partial charge in [0.1, 0.15) is 6.10 Å². The highest BCUT2D eigenvalue weighted by Crippen LogP contribution is 2.67. The lowest BCUT2D eigenvalue weighted by atomic mass is 9.47. The van der Waals surface area contributed by atoms with Crippen molar-refractivity contribution in [2.75, 3.05) is 0 Å². The lowest BCUT2D eigenvalue weighted by Gasteiger charge is -2.58. The Morgan fingerprint density at radius 1 is 0.896 bits per heavy atom. The van der Waals surface area contributed by atoms with E-state index in [-0.39, 0.29) is 18.2 Å². The average molecular weight is 665 g/mol. The molecule has 274 valence electrons. The zero-order chi connectivity index (χ0) is 34.6. The minimum Gasteiger partial charge on any atom is -0.462 e. The van der Waals surface area contributed by atoms with Crippen LogP contribution in [0.1, 0.15) is 183 Å². The Bertz CT molecular complexity index is 1050. The van der Waals surface area contributed by atoms with Gasteiger partial charge in [0.15, 0.2) is 0 Å². The summed E-state index contributed by atoms with van der Waals surface area (Å²) >= 11 is 0. The molecule has 0 aromatic rings. The van der Waals surface area contributed by atoms with E-state index in [1.807, 2.05) is 12.2 Å². The standard InChI is InChI=1S/C45H76O3/c1-7-8-9-10-11-13-16-22-37(46)23-17-14-12-15-18-24-43(47)48-38-29-31-44(5)36(33-38)25-26-39-41-28-27-40(35(4)21-19-20-34(2)3)45(41,6)32-30-42(39)44/h11,13,16,22,25,34-35,37-42,46H,7-10,12,14-15,17-21,23-24,26-33H2,1-6H3/b13-11+,22-16+. The molecule has 3 fully saturated rings. The van der Waals surface area contributed by atoms with Crippen molar-refractivity contribution in [2.24, 2.45) is 46.3 Å². The summed E-state index contributed by atoms with van der Waals surface area (Å²) in [5.74, 6) is 5.18. The molecule has 3 saturated carbocycles. The number of aliphatic hydroxyl groups is 1. The number of hydrogen-bond acceptors (Lipinski definition) is 3. The van der Waals surface area contributed by atoms with Crippen LogP contribution in [0.2, 0.25) is 0 Å². The van der Waals surface area contributed by atoms with Gasteiger partial charge >= 0.3 is 5.97 Å². The molecule has 3 heteroatoms. The lowest BCUT2D eigenvalue weighted by Crippen LogP contribution is -2.51. The van der Waals surface area contributed by atoms with Crippen LogP contribution >= 0.6 is 0 Å². The van der Waals surface area contributed by atoms with Gasteiger partial charge in [-0.2, -0.15) is 0 Å². The molecule has 4 aliphatic carbocycles. The van der Waals surface area contributed by atoms with Crippen molar-refractivity contribution in [3.63, 3.8) is 0 Å². The van der Waals surface area contributed by atoms with Crippen molar-refractivity contribution in [3.05, 3.63) is 36.0 Å². The largest absolute Gasteiger partial charge is 0.462 e. The second kappa shape index (κ2) is 19.3. The van der Waals surface area contributed by atoms with Crippen LogP contribution in [0.15, 0.2) is 36.0 Å². The second-order valence-corrected chi connectivity index (χ2v) is 17.8. The highest BCUT2D eigenvalue weighted by atomic mass is 16.5. The van der Waals surface area contributed by atoms with Gasteiger partial charge in [-0.1, -0.05) is 135 Å². The Morgan fingerprint density at radius 2 is 1.69 bits per heavy atom. The number of ether oxygens (including phenoxy) is 1. The Balaban J connectivity index is 1.13. The first-order valence-corrected chi connectivity index (χ1v) is 21.0. The van der Waals surface area contributed by atoms with Gasteiger partial charge in [0, 0.05) is 12.8 Å². The van der Waals surface area contributed by atoms with Crippen molar-refractivity contribution < 1.29 is 14.6 Å². The van der Waals surface area contributed by atoms with Gasteiger partial charge in [-0.05, 0) is 117 Å². The number of allylic oxidation sites excluding steroid dienone is 4. The van der Waals surface area contributed by atoms with E-state index in [1.165, 1.54) is 77.0 Å². The summed E-state index contributed by atoms with van der Waals surface area (Å²) in [6.07, 6.45) is 36.4. The Hall–Kier alpha value is -1.35. The van der Waals surface area contributed by atoms with Crippen molar-refractivity contribution >= 4 is 5.97 Å². The predicted octanol–water partition coefficient (Wildman–Crippen LogP) is 12.7. The molecule has 0 aliphatic heterocycles. The molecule has 3 nitrogen and oxygen atoms in total. The average Bonchev–Trinajstić information content (AvgIpc) is 3.41. The minimum atomic E-state index is -0.353. The topological polar surface area (TPSA) is 46.5 Å². The van der Waals surface area contributed by atoms with Gasteiger partial charge in [-0.3, -0.25) is 4.79 Å². The molecule has 4 rings (SSSR count). The molecule has 0 radical (unpaired) electrons. The van der Waals surface area contributed by atoms with Gasteiger partial charge in [0.05, 0.1) is 6.10 Å². The van der Waals surface area contributed by atoms with Gasteiger partial charge in [0.2, 0.25) is 0 Å². The summed E-state index contributed by atoms with van der Waals surface area (Å²) in [6.45, 7) is 14.8. The highest BCUT2D eigenvalue weighted by molar-refractivity contribution is 5.69. The molecule has 1 N–H and O–H groups in total. The monoisotopic (exact) mass is 665 g/mol. The van der Waals surface area contributed by atoms with Crippen LogP contribution in [0, 0.1) is 46.3 Å². The van der Waals surface area contributed by atoms with E-state index in [0.29, 0.717) is 17.3 Å². The van der Waals surface area contributed by atoms with Crippen LogP contribution in [-0.4, -0.2) is 23.3 Å². The van der Waals surface area contributed by atoms with Crippen LogP contribution in [0.25, 0.3) is 0 Å². The minimum absolute atomic E-state index is 0.00846. The number of rotatable bonds is 20. The number of aliphatic hydroxyl groups excluding tert-OH is 1. The third kappa shape index (κ3) is 10.6. The Kier molecular flexibility index (Phi) is 15.9. The smallest absolute Gasteiger partial charge is 0.306 e. The molecule has 0 bridgehead atoms. The normalized spacial score (nSPS) is 33.0. The zero-order valence-electron chi connectivity index (χ0n) is 32.3. The van der Waals surface area contributed by atoms with E-state index in [9.17, 15) is 9.90 Å². The van der Waals surface area contributed by atoms with Crippen LogP contribution in [0.4, 0.5) is 0 Å². The second-order valence-electron chi connectivity index (χ2n) is 17.8. The van der Waals surface area contributed by atoms with Gasteiger partial charge < -0.3 is 9.84 Å². The summed E-state index contributed by atoms with van der Waals surface area (Å²) in [5, 5.41) is 10.2. The van der Waals surface area contributed by atoms with Gasteiger partial charge in [0.25, 0.3) is 0 Å². The van der Waals surface area contributed by atoms with Crippen LogP contribution in [0.5, 0.6) is 0 Å². The third-order valence-electron chi connectivity index (χ3n) is 14.0. The zero-order valence-corrected chi connectivity index (χ0v) is 32.3. The number of fused-ring (bicyclic) bond motifs is 5. The molecule has 9 unspecified atom stereocenters. The van der Waals surface area contributed by atoms with E-state index in [2.05, 4.69) is 59.8 Å². The fraction of sp³-hybridized carbons (Fsp3) is 0.844. The SMILES string of the molecule is CCCCC/C=C/C=C/C(O)CCCCCCCC(=O)OC1CCC2(C)C(=CCC3C2CCC2(C)C(C(C)CCCC(C)C)CCC32)C1. The summed E-state index contributed by atoms with van der Waals surface area (Å²) < 4.78 is 6.10. The van der Waals surface area contributed by atoms with Gasteiger partial charge in [-0.25, -0.2) is 0 Å². The molecule has 48 heavy (non-hydrogen) atoms. The Labute approximate surface area is 297 Å². The molecule has 9 atom stereocenters. The predicted molar refractivity (Wildman–Crippen MR) is 204 cm³/mol. The quantitative estimate of drug-likeness (QED) is 0.0610. The van der Waals surface area contributed by atoms with E-state index in [4.69, 9.17) is 4.74 Å². The highest BCUT2D eigenvalue weighted by Gasteiger charge is 2.59. The molecule has 0 aromatic heterocycles. The molecule has 0 saturated heterocycles. The maximum atomic E-state index is 12.8. The summed E-state index contributed by atoms with van der Waals surface area (Å²) in [7, 11) is 0. The Morgan fingerprint density at radius 3 is 2.48 bits per heavy atom. The van der Waals surface area contributed by atoms with E-state index >= 15 is 0 Å². The summed E-state index contributed by atoms with van der Waals surface area (Å²) in [6, 6.07) is 0. The number of unbranched alkanes of at least 4 members (excludes halogenated alkanes) is 7. The number of esters is 1. The molecule has 0 aromatic carbocycles. The van der Waals surface area contributed by atoms with E-state index in [1.54, 1.807) is 5.57 Å². The van der Waals surface area contributed by atoms with E-state index in [0.717, 1.165) is 93.3 Å². The first-order chi connectivity index (χ1) is 23.1. The molecule has 0 amide bonds. The maximum absolute atomic E-state index is 12.8. The summed E-state index contributed by atoms with van der Waals surface area (Å²) in [5.41, 5.74) is 2.46. The van der Waals surface area contributed by atoms with Crippen molar-refractivity contribution in [1.29, 1.82) is 0 Å². The van der Waals surface area contributed by atoms with E-state index < -0.39 is 0 Å².